The van der Waals surface area contributed by atoms with E-state index in [0.29, 0.717) is 5.52 Å². The average molecular weight is 343 g/mol. The summed E-state index contributed by atoms with van der Waals surface area (Å²) in [5.41, 5.74) is 3.50. The SMILES string of the molecule is Cc1cc[nH+]c(N[C@@H](c2ccncc2)c2ccc3cccnc3c2O)c1. The normalized spacial score (nSPS) is 12.0. The minimum absolute atomic E-state index is 0.185. The number of fused-ring (bicyclic) bond motifs is 1. The number of phenols is 1. The summed E-state index contributed by atoms with van der Waals surface area (Å²) in [5.74, 6) is 1.05. The molecule has 5 heteroatoms. The van der Waals surface area contributed by atoms with Gasteiger partial charge in [0.05, 0.1) is 6.20 Å². The van der Waals surface area contributed by atoms with Crippen molar-refractivity contribution in [2.45, 2.75) is 13.0 Å². The van der Waals surface area contributed by atoms with Gasteiger partial charge in [0, 0.05) is 41.2 Å². The van der Waals surface area contributed by atoms with Gasteiger partial charge in [-0.05, 0) is 42.8 Å². The van der Waals surface area contributed by atoms with Crippen LogP contribution in [0.2, 0.25) is 0 Å². The number of nitrogens with zero attached hydrogens (tertiary/aromatic N) is 2. The second-order valence-corrected chi connectivity index (χ2v) is 6.22. The average Bonchev–Trinajstić information content (AvgIpc) is 2.68. The first-order valence-corrected chi connectivity index (χ1v) is 8.44. The van der Waals surface area contributed by atoms with Crippen molar-refractivity contribution in [3.05, 3.63) is 90.0 Å². The number of hydrogen-bond acceptors (Lipinski definition) is 4. The van der Waals surface area contributed by atoms with E-state index in [1.54, 1.807) is 18.6 Å². The molecule has 5 nitrogen and oxygen atoms in total. The lowest BCUT2D eigenvalue weighted by molar-refractivity contribution is -0.361. The maximum Gasteiger partial charge on any atom is 0.273 e. The van der Waals surface area contributed by atoms with Gasteiger partial charge >= 0.3 is 0 Å². The summed E-state index contributed by atoms with van der Waals surface area (Å²) >= 11 is 0. The third kappa shape index (κ3) is 3.07. The number of nitrogens with one attached hydrogen (secondary N) is 2. The Hall–Kier alpha value is -3.47. The predicted octanol–water partition coefficient (Wildman–Crippen LogP) is 3.66. The van der Waals surface area contributed by atoms with Crippen LogP contribution in [0.4, 0.5) is 5.82 Å². The summed E-state index contributed by atoms with van der Waals surface area (Å²) < 4.78 is 0. The van der Waals surface area contributed by atoms with Gasteiger partial charge in [0.25, 0.3) is 5.82 Å². The highest BCUT2D eigenvalue weighted by molar-refractivity contribution is 5.85. The van der Waals surface area contributed by atoms with E-state index < -0.39 is 0 Å². The van der Waals surface area contributed by atoms with Gasteiger partial charge < -0.3 is 5.11 Å². The lowest BCUT2D eigenvalue weighted by atomic mass is 9.97. The van der Waals surface area contributed by atoms with Crippen LogP contribution in [-0.2, 0) is 0 Å². The Kier molecular flexibility index (Phi) is 4.19. The van der Waals surface area contributed by atoms with Gasteiger partial charge in [0.15, 0.2) is 0 Å². The van der Waals surface area contributed by atoms with Gasteiger partial charge in [-0.3, -0.25) is 15.3 Å². The molecule has 3 heterocycles. The molecule has 0 bridgehead atoms. The molecule has 0 amide bonds. The zero-order valence-electron chi connectivity index (χ0n) is 14.3. The number of benzene rings is 1. The van der Waals surface area contributed by atoms with Crippen molar-refractivity contribution >= 4 is 16.7 Å². The third-order valence-corrected chi connectivity index (χ3v) is 4.39. The molecule has 0 aliphatic carbocycles. The van der Waals surface area contributed by atoms with Crippen LogP contribution in [0.1, 0.15) is 22.7 Å². The van der Waals surface area contributed by atoms with Crippen molar-refractivity contribution < 1.29 is 10.1 Å². The molecule has 4 rings (SSSR count). The number of aryl methyl sites for hydroxylation is 1. The fourth-order valence-electron chi connectivity index (χ4n) is 3.09. The lowest BCUT2D eigenvalue weighted by Gasteiger charge is -2.17. The molecular weight excluding hydrogens is 324 g/mol. The van der Waals surface area contributed by atoms with Gasteiger partial charge in [-0.25, -0.2) is 4.98 Å². The Labute approximate surface area is 151 Å². The molecule has 4 aromatic rings. The van der Waals surface area contributed by atoms with Crippen LogP contribution in [0.15, 0.2) is 73.3 Å². The van der Waals surface area contributed by atoms with Crippen LogP contribution in [0.5, 0.6) is 5.75 Å². The molecule has 0 radical (unpaired) electrons. The summed E-state index contributed by atoms with van der Waals surface area (Å²) in [5, 5.41) is 15.3. The van der Waals surface area contributed by atoms with E-state index in [9.17, 15) is 5.11 Å². The highest BCUT2D eigenvalue weighted by Crippen LogP contribution is 2.35. The number of H-pyrrole nitrogens is 1. The molecule has 0 unspecified atom stereocenters. The molecule has 0 saturated heterocycles. The fourth-order valence-corrected chi connectivity index (χ4v) is 3.09. The van der Waals surface area contributed by atoms with E-state index in [1.807, 2.05) is 61.7 Å². The zero-order chi connectivity index (χ0) is 17.9. The van der Waals surface area contributed by atoms with E-state index >= 15 is 0 Å². The second-order valence-electron chi connectivity index (χ2n) is 6.22. The predicted molar refractivity (Wildman–Crippen MR) is 101 cm³/mol. The first kappa shape index (κ1) is 16.0. The van der Waals surface area contributed by atoms with Crippen molar-refractivity contribution in [3.63, 3.8) is 0 Å². The maximum atomic E-state index is 10.9. The number of aromatic hydroxyl groups is 1. The molecule has 26 heavy (non-hydrogen) atoms. The molecule has 1 atom stereocenters. The van der Waals surface area contributed by atoms with Gasteiger partial charge in [-0.1, -0.05) is 12.1 Å². The Morgan fingerprint density at radius 1 is 1.04 bits per heavy atom. The minimum Gasteiger partial charge on any atom is -0.505 e. The molecule has 3 N–H and O–H groups in total. The summed E-state index contributed by atoms with van der Waals surface area (Å²) in [7, 11) is 0. The van der Waals surface area contributed by atoms with Gasteiger partial charge in [0.1, 0.15) is 17.3 Å². The number of rotatable bonds is 4. The first-order chi connectivity index (χ1) is 12.7. The number of anilines is 1. The fraction of sp³-hybridized carbons (Fsp3) is 0.0952. The number of pyridine rings is 3. The molecule has 1 aromatic carbocycles. The maximum absolute atomic E-state index is 10.9. The Balaban J connectivity index is 1.84. The van der Waals surface area contributed by atoms with Gasteiger partial charge in [-0.2, -0.15) is 0 Å². The largest absolute Gasteiger partial charge is 0.505 e. The van der Waals surface area contributed by atoms with Crippen molar-refractivity contribution in [2.24, 2.45) is 0 Å². The molecule has 0 fully saturated rings. The lowest BCUT2D eigenvalue weighted by Crippen LogP contribution is -2.19. The Bertz CT molecular complexity index is 1050. The monoisotopic (exact) mass is 343 g/mol. The van der Waals surface area contributed by atoms with E-state index in [0.717, 1.165) is 27.9 Å². The quantitative estimate of drug-likeness (QED) is 0.593. The summed E-state index contributed by atoms with van der Waals surface area (Å²) in [6.07, 6.45) is 7.08. The van der Waals surface area contributed by atoms with Crippen molar-refractivity contribution in [1.82, 2.24) is 9.97 Å². The molecular formula is C21H19N4O+. The number of hydrogen-bond donors (Lipinski definition) is 2. The Morgan fingerprint density at radius 3 is 2.69 bits per heavy atom. The first-order valence-electron chi connectivity index (χ1n) is 8.44. The van der Waals surface area contributed by atoms with E-state index in [1.165, 1.54) is 0 Å². The molecule has 0 aliphatic rings. The van der Waals surface area contributed by atoms with E-state index in [-0.39, 0.29) is 11.8 Å². The molecule has 0 aliphatic heterocycles. The standard InChI is InChI=1S/C21H18N4O/c1-14-6-12-23-18(13-14)25-19(16-7-10-22-11-8-16)17-5-4-15-3-2-9-24-20(15)21(17)26/h2-13,19,26H,1H3,(H,23,25)/p+1/t19-/m0/s1. The number of phenolic OH excluding ortho intramolecular Hbond substituents is 1. The van der Waals surface area contributed by atoms with Crippen LogP contribution in [0.3, 0.4) is 0 Å². The van der Waals surface area contributed by atoms with E-state index in [2.05, 4.69) is 20.3 Å². The van der Waals surface area contributed by atoms with Crippen molar-refractivity contribution in [2.75, 3.05) is 5.32 Å². The van der Waals surface area contributed by atoms with Crippen molar-refractivity contribution in [1.29, 1.82) is 0 Å². The molecule has 128 valence electrons. The third-order valence-electron chi connectivity index (χ3n) is 4.39. The van der Waals surface area contributed by atoms with Crippen LogP contribution in [0, 0.1) is 6.92 Å². The summed E-state index contributed by atoms with van der Waals surface area (Å²) in [6, 6.07) is 15.4. The smallest absolute Gasteiger partial charge is 0.273 e. The van der Waals surface area contributed by atoms with E-state index in [4.69, 9.17) is 0 Å². The summed E-state index contributed by atoms with van der Waals surface area (Å²) in [6.45, 7) is 2.04. The van der Waals surface area contributed by atoms with Gasteiger partial charge in [-0.15, -0.1) is 0 Å². The number of aromatic nitrogens is 3. The van der Waals surface area contributed by atoms with Crippen LogP contribution in [-0.4, -0.2) is 15.1 Å². The zero-order valence-corrected chi connectivity index (χ0v) is 14.3. The number of aromatic amines is 1. The van der Waals surface area contributed by atoms with Crippen LogP contribution >= 0.6 is 0 Å². The minimum atomic E-state index is -0.248. The second kappa shape index (κ2) is 6.80. The Morgan fingerprint density at radius 2 is 1.88 bits per heavy atom. The van der Waals surface area contributed by atoms with Crippen LogP contribution in [0.25, 0.3) is 10.9 Å². The van der Waals surface area contributed by atoms with Crippen molar-refractivity contribution in [3.8, 4) is 5.75 Å². The molecule has 0 spiro atoms. The highest BCUT2D eigenvalue weighted by Gasteiger charge is 2.24. The summed E-state index contributed by atoms with van der Waals surface area (Å²) in [4.78, 5) is 11.7. The molecule has 3 aromatic heterocycles. The molecule has 0 saturated carbocycles. The van der Waals surface area contributed by atoms with Gasteiger partial charge in [0.2, 0.25) is 0 Å². The topological polar surface area (TPSA) is 72.2 Å². The van der Waals surface area contributed by atoms with Crippen LogP contribution < -0.4 is 10.3 Å². The highest BCUT2D eigenvalue weighted by atomic mass is 16.3.